The molecule has 0 saturated heterocycles. The lowest BCUT2D eigenvalue weighted by Gasteiger charge is -2.30. The van der Waals surface area contributed by atoms with Crippen molar-refractivity contribution >= 4 is 17.2 Å². The van der Waals surface area contributed by atoms with Gasteiger partial charge in [0.15, 0.2) is 5.78 Å². The van der Waals surface area contributed by atoms with Crippen molar-refractivity contribution in [1.82, 2.24) is 0 Å². The Kier molecular flexibility index (Phi) is 6.39. The molecular weight excluding hydrogens is 420 g/mol. The van der Waals surface area contributed by atoms with E-state index < -0.39 is 0 Å². The Hall–Kier alpha value is -3.53. The third kappa shape index (κ3) is 4.45. The summed E-state index contributed by atoms with van der Waals surface area (Å²) in [5.74, 6) is 1.20. The van der Waals surface area contributed by atoms with Crippen molar-refractivity contribution in [2.45, 2.75) is 51.5 Å². The number of fused-ring (bicyclic) bond motifs is 1. The zero-order valence-electron chi connectivity index (χ0n) is 19.9. The average Bonchev–Trinajstić information content (AvgIpc) is 3.02. The van der Waals surface area contributed by atoms with Crippen molar-refractivity contribution in [3.8, 4) is 5.75 Å². The summed E-state index contributed by atoms with van der Waals surface area (Å²) in [6, 6.07) is 24.6. The Labute approximate surface area is 202 Å². The number of carbonyl (C=O) groups excluding carboxylic acids is 1. The van der Waals surface area contributed by atoms with E-state index in [0.29, 0.717) is 13.0 Å². The van der Waals surface area contributed by atoms with Crippen LogP contribution in [0.3, 0.4) is 0 Å². The number of aryl methyl sites for hydroxylation is 1. The van der Waals surface area contributed by atoms with Gasteiger partial charge in [0.25, 0.3) is 0 Å². The van der Waals surface area contributed by atoms with Gasteiger partial charge in [0.05, 0.1) is 24.0 Å². The molecule has 2 aliphatic rings. The number of hydrogen-bond donors (Lipinski definition) is 2. The maximum Gasteiger partial charge on any atom is 0.163 e. The number of unbranched alkanes of at least 4 members (excludes halogenated alkanes) is 1. The third-order valence-corrected chi connectivity index (χ3v) is 6.84. The molecule has 0 fully saturated rings. The first kappa shape index (κ1) is 22.3. The van der Waals surface area contributed by atoms with E-state index >= 15 is 0 Å². The van der Waals surface area contributed by atoms with Crippen LogP contribution in [-0.2, 0) is 4.79 Å². The second-order valence-electron chi connectivity index (χ2n) is 9.32. The van der Waals surface area contributed by atoms with Crippen molar-refractivity contribution in [2.75, 3.05) is 17.2 Å². The van der Waals surface area contributed by atoms with Gasteiger partial charge in [-0.15, -0.1) is 0 Å². The summed E-state index contributed by atoms with van der Waals surface area (Å²) in [6.45, 7) is 4.92. The van der Waals surface area contributed by atoms with Gasteiger partial charge in [0, 0.05) is 23.3 Å². The second-order valence-corrected chi connectivity index (χ2v) is 9.32. The minimum absolute atomic E-state index is 0.168. The summed E-state index contributed by atoms with van der Waals surface area (Å²) in [6.07, 6.45) is 3.39. The Morgan fingerprint density at radius 1 is 0.912 bits per heavy atom. The third-order valence-electron chi connectivity index (χ3n) is 6.84. The van der Waals surface area contributed by atoms with Gasteiger partial charge >= 0.3 is 0 Å². The lowest BCUT2D eigenvalue weighted by Crippen LogP contribution is -2.27. The van der Waals surface area contributed by atoms with Gasteiger partial charge in [0.2, 0.25) is 0 Å². The molecule has 174 valence electrons. The molecule has 34 heavy (non-hydrogen) atoms. The van der Waals surface area contributed by atoms with Gasteiger partial charge < -0.3 is 15.4 Å². The van der Waals surface area contributed by atoms with Crippen LogP contribution >= 0.6 is 0 Å². The Balaban J connectivity index is 1.57. The van der Waals surface area contributed by atoms with Crippen molar-refractivity contribution in [2.24, 2.45) is 0 Å². The predicted octanol–water partition coefficient (Wildman–Crippen LogP) is 7.15. The molecule has 0 bridgehead atoms. The van der Waals surface area contributed by atoms with Crippen molar-refractivity contribution in [3.05, 3.63) is 101 Å². The minimum atomic E-state index is -0.268. The summed E-state index contributed by atoms with van der Waals surface area (Å²) in [7, 11) is 0. The number of anilines is 2. The fourth-order valence-electron chi connectivity index (χ4n) is 4.98. The molecule has 0 saturated carbocycles. The topological polar surface area (TPSA) is 50.4 Å². The first-order valence-corrected chi connectivity index (χ1v) is 12.3. The molecule has 0 radical (unpaired) electrons. The summed E-state index contributed by atoms with van der Waals surface area (Å²) in [4.78, 5) is 13.8. The number of ketones is 1. The molecule has 3 aromatic rings. The van der Waals surface area contributed by atoms with Gasteiger partial charge in [0.1, 0.15) is 5.75 Å². The van der Waals surface area contributed by atoms with Crippen LogP contribution in [0.2, 0.25) is 0 Å². The number of ether oxygens (including phenoxy) is 1. The maximum atomic E-state index is 13.8. The number of carbonyl (C=O) groups is 1. The molecule has 4 nitrogen and oxygen atoms in total. The molecule has 1 heterocycles. The van der Waals surface area contributed by atoms with Crippen LogP contribution in [0.25, 0.3) is 0 Å². The Morgan fingerprint density at radius 2 is 1.65 bits per heavy atom. The largest absolute Gasteiger partial charge is 0.493 e. The van der Waals surface area contributed by atoms with Gasteiger partial charge in [-0.2, -0.15) is 0 Å². The van der Waals surface area contributed by atoms with Crippen LogP contribution < -0.4 is 15.4 Å². The summed E-state index contributed by atoms with van der Waals surface area (Å²) in [5, 5.41) is 7.31. The van der Waals surface area contributed by atoms with Crippen molar-refractivity contribution in [1.29, 1.82) is 0 Å². The van der Waals surface area contributed by atoms with E-state index in [9.17, 15) is 4.79 Å². The van der Waals surface area contributed by atoms with Crippen molar-refractivity contribution in [3.63, 3.8) is 0 Å². The summed E-state index contributed by atoms with van der Waals surface area (Å²) >= 11 is 0. The van der Waals surface area contributed by atoms with Gasteiger partial charge in [-0.05, 0) is 49.4 Å². The van der Waals surface area contributed by atoms with Gasteiger partial charge in [-0.3, -0.25) is 4.79 Å². The molecule has 0 amide bonds. The molecule has 1 aliphatic heterocycles. The number of rotatable bonds is 6. The number of para-hydroxylation sites is 3. The van der Waals surface area contributed by atoms with Crippen LogP contribution in [-0.4, -0.2) is 12.4 Å². The highest BCUT2D eigenvalue weighted by atomic mass is 16.5. The molecule has 5 rings (SSSR count). The van der Waals surface area contributed by atoms with Crippen LogP contribution in [0.1, 0.15) is 61.3 Å². The maximum absolute atomic E-state index is 13.8. The summed E-state index contributed by atoms with van der Waals surface area (Å²) < 4.78 is 6.18. The lowest BCUT2D eigenvalue weighted by atomic mass is 9.78. The summed E-state index contributed by atoms with van der Waals surface area (Å²) in [5.41, 5.74) is 7.28. The molecule has 3 aromatic carbocycles. The molecule has 2 N–H and O–H groups in total. The molecule has 0 unspecified atom stereocenters. The SMILES string of the molecule is CCCCOc1ccccc1[C@@H]1Nc2ccccc2NC2=C1C(=O)C[C@@H](c1ccc(C)cc1)C2. The Bertz CT molecular complexity index is 1210. The van der Waals surface area contributed by atoms with E-state index in [-0.39, 0.29) is 17.7 Å². The van der Waals surface area contributed by atoms with E-state index in [2.05, 4.69) is 66.9 Å². The minimum Gasteiger partial charge on any atom is -0.493 e. The highest BCUT2D eigenvalue weighted by Crippen LogP contribution is 2.45. The van der Waals surface area contributed by atoms with Crippen molar-refractivity contribution < 1.29 is 9.53 Å². The zero-order chi connectivity index (χ0) is 23.5. The quantitative estimate of drug-likeness (QED) is 0.390. The molecule has 0 aromatic heterocycles. The van der Waals surface area contributed by atoms with Gasteiger partial charge in [-0.1, -0.05) is 73.5 Å². The predicted molar refractivity (Wildman–Crippen MR) is 138 cm³/mol. The number of benzene rings is 3. The van der Waals surface area contributed by atoms with Crippen LogP contribution in [0.4, 0.5) is 11.4 Å². The highest BCUT2D eigenvalue weighted by Gasteiger charge is 2.37. The fraction of sp³-hybridized carbons (Fsp3) is 0.300. The second kappa shape index (κ2) is 9.76. The van der Waals surface area contributed by atoms with Crippen LogP contribution in [0, 0.1) is 6.92 Å². The van der Waals surface area contributed by atoms with E-state index in [1.807, 2.05) is 30.3 Å². The molecule has 4 heteroatoms. The standard InChI is InChI=1S/C30H32N2O2/c1-3-4-17-34-28-12-8-5-9-23(28)30-29-26(31-24-10-6-7-11-25(24)32-30)18-22(19-27(29)33)21-15-13-20(2)14-16-21/h5-16,22,30-32H,3-4,17-19H2,1-2H3/t22-,30-/m0/s1. The Morgan fingerprint density at radius 3 is 2.44 bits per heavy atom. The molecule has 2 atom stereocenters. The first-order valence-electron chi connectivity index (χ1n) is 12.3. The van der Waals surface area contributed by atoms with E-state index in [4.69, 9.17) is 4.74 Å². The number of nitrogens with one attached hydrogen (secondary N) is 2. The van der Waals surface area contributed by atoms with E-state index in [1.54, 1.807) is 0 Å². The van der Waals surface area contributed by atoms with Crippen LogP contribution in [0.15, 0.2) is 84.1 Å². The average molecular weight is 453 g/mol. The van der Waals surface area contributed by atoms with Gasteiger partial charge in [-0.25, -0.2) is 0 Å². The number of Topliss-reactive ketones (excluding diaryl/α,β-unsaturated/α-hetero) is 1. The fourth-order valence-corrected chi connectivity index (χ4v) is 4.98. The van der Waals surface area contributed by atoms with E-state index in [0.717, 1.165) is 53.2 Å². The molecule has 0 spiro atoms. The zero-order valence-corrected chi connectivity index (χ0v) is 19.9. The lowest BCUT2D eigenvalue weighted by molar-refractivity contribution is -0.116. The number of allylic oxidation sites excluding steroid dienone is 1. The monoisotopic (exact) mass is 452 g/mol. The van der Waals surface area contributed by atoms with Crippen LogP contribution in [0.5, 0.6) is 5.75 Å². The first-order chi connectivity index (χ1) is 16.6. The molecular formula is C30H32N2O2. The number of hydrogen-bond acceptors (Lipinski definition) is 4. The van der Waals surface area contributed by atoms with E-state index in [1.165, 1.54) is 11.1 Å². The molecule has 1 aliphatic carbocycles. The normalized spacial score (nSPS) is 19.4. The highest BCUT2D eigenvalue weighted by molar-refractivity contribution is 6.01. The smallest absolute Gasteiger partial charge is 0.163 e.